The van der Waals surface area contributed by atoms with Crippen LogP contribution in [0.1, 0.15) is 19.8 Å². The van der Waals surface area contributed by atoms with Crippen LogP contribution in [0.15, 0.2) is 22.9 Å². The molecule has 0 aliphatic heterocycles. The highest BCUT2D eigenvalue weighted by molar-refractivity contribution is 9.10. The minimum absolute atomic E-state index is 0.208. The molecule has 0 aliphatic rings. The monoisotopic (exact) mass is 243 g/mol. The first-order valence-electron chi connectivity index (χ1n) is 4.04. The molecule has 0 N–H and O–H groups in total. The van der Waals surface area contributed by atoms with Crippen molar-refractivity contribution < 1.29 is 9.53 Å². The molecule has 13 heavy (non-hydrogen) atoms. The molecule has 0 radical (unpaired) electrons. The molecule has 0 aromatic carbocycles. The van der Waals surface area contributed by atoms with Gasteiger partial charge in [-0.1, -0.05) is 6.92 Å². The Labute approximate surface area is 85.3 Å². The third-order valence-electron chi connectivity index (χ3n) is 1.38. The molecule has 0 fully saturated rings. The van der Waals surface area contributed by atoms with Gasteiger partial charge in [0.15, 0.2) is 0 Å². The lowest BCUT2D eigenvalue weighted by atomic mass is 10.3. The van der Waals surface area contributed by atoms with Crippen LogP contribution in [-0.2, 0) is 4.79 Å². The number of hydrogen-bond acceptors (Lipinski definition) is 3. The highest BCUT2D eigenvalue weighted by atomic mass is 79.9. The highest BCUT2D eigenvalue weighted by Gasteiger charge is 2.02. The molecule has 0 aliphatic carbocycles. The van der Waals surface area contributed by atoms with Crippen LogP contribution in [-0.4, -0.2) is 11.0 Å². The van der Waals surface area contributed by atoms with Crippen LogP contribution >= 0.6 is 15.9 Å². The summed E-state index contributed by atoms with van der Waals surface area (Å²) in [5, 5.41) is 0. The number of nitrogens with zero attached hydrogens (tertiary/aromatic N) is 1. The zero-order valence-corrected chi connectivity index (χ0v) is 8.87. The molecular weight excluding hydrogens is 234 g/mol. The van der Waals surface area contributed by atoms with Gasteiger partial charge in [-0.15, -0.1) is 0 Å². The molecule has 0 bridgehead atoms. The third kappa shape index (κ3) is 3.55. The van der Waals surface area contributed by atoms with Crippen LogP contribution in [0, 0.1) is 0 Å². The molecule has 0 atom stereocenters. The van der Waals surface area contributed by atoms with Crippen molar-refractivity contribution in [3.05, 3.63) is 22.9 Å². The van der Waals surface area contributed by atoms with E-state index in [1.54, 1.807) is 18.3 Å². The molecule has 1 aromatic heterocycles. The van der Waals surface area contributed by atoms with E-state index >= 15 is 0 Å². The van der Waals surface area contributed by atoms with Crippen LogP contribution in [0.2, 0.25) is 0 Å². The Morgan fingerprint density at radius 2 is 2.46 bits per heavy atom. The second-order valence-electron chi connectivity index (χ2n) is 2.54. The van der Waals surface area contributed by atoms with Crippen molar-refractivity contribution in [1.82, 2.24) is 4.98 Å². The number of carbonyl (C=O) groups is 1. The fraction of sp³-hybridized carbons (Fsp3) is 0.333. The van der Waals surface area contributed by atoms with Gasteiger partial charge in [0.2, 0.25) is 0 Å². The average molecular weight is 244 g/mol. The molecule has 0 amide bonds. The van der Waals surface area contributed by atoms with Gasteiger partial charge in [-0.05, 0) is 28.4 Å². The summed E-state index contributed by atoms with van der Waals surface area (Å²) in [6.07, 6.45) is 2.82. The molecule has 3 nitrogen and oxygen atoms in total. The molecule has 0 saturated heterocycles. The first-order chi connectivity index (χ1) is 6.22. The summed E-state index contributed by atoms with van der Waals surface area (Å²) in [7, 11) is 0. The molecule has 4 heteroatoms. The van der Waals surface area contributed by atoms with E-state index in [1.165, 1.54) is 0 Å². The zero-order valence-electron chi connectivity index (χ0n) is 7.29. The van der Waals surface area contributed by atoms with Gasteiger partial charge in [0.05, 0.1) is 0 Å². The second-order valence-corrected chi connectivity index (χ2v) is 3.35. The molecule has 1 rings (SSSR count). The maximum Gasteiger partial charge on any atom is 0.311 e. The fourth-order valence-electron chi connectivity index (χ4n) is 0.835. The largest absolute Gasteiger partial charge is 0.426 e. The van der Waals surface area contributed by atoms with Gasteiger partial charge in [0.1, 0.15) is 10.4 Å². The Morgan fingerprint density at radius 1 is 1.69 bits per heavy atom. The average Bonchev–Trinajstić information content (AvgIpc) is 2.04. The van der Waals surface area contributed by atoms with Crippen LogP contribution in [0.25, 0.3) is 0 Å². The highest BCUT2D eigenvalue weighted by Crippen LogP contribution is 2.15. The molecule has 0 saturated carbocycles. The molecular formula is C9H10BrNO2. The second kappa shape index (κ2) is 4.97. The number of aromatic nitrogens is 1. The van der Waals surface area contributed by atoms with Gasteiger partial charge < -0.3 is 4.74 Å². The molecule has 0 spiro atoms. The normalized spacial score (nSPS) is 9.69. The van der Waals surface area contributed by atoms with Gasteiger partial charge in [-0.3, -0.25) is 4.79 Å². The predicted molar refractivity (Wildman–Crippen MR) is 52.5 cm³/mol. The van der Waals surface area contributed by atoms with Crippen molar-refractivity contribution in [3.63, 3.8) is 0 Å². The van der Waals surface area contributed by atoms with E-state index in [9.17, 15) is 4.79 Å². The lowest BCUT2D eigenvalue weighted by Crippen LogP contribution is -2.06. The first kappa shape index (κ1) is 10.2. The van der Waals surface area contributed by atoms with E-state index in [0.29, 0.717) is 16.8 Å². The van der Waals surface area contributed by atoms with Gasteiger partial charge in [-0.2, -0.15) is 0 Å². The van der Waals surface area contributed by atoms with Crippen LogP contribution in [0.5, 0.6) is 5.75 Å². The summed E-state index contributed by atoms with van der Waals surface area (Å²) in [5.74, 6) is 0.320. The van der Waals surface area contributed by atoms with Crippen LogP contribution in [0.4, 0.5) is 0 Å². The molecule has 1 aromatic rings. The topological polar surface area (TPSA) is 39.2 Å². The van der Waals surface area contributed by atoms with Gasteiger partial charge in [0.25, 0.3) is 0 Å². The Bertz CT molecular complexity index is 301. The van der Waals surface area contributed by atoms with Gasteiger partial charge >= 0.3 is 5.97 Å². The van der Waals surface area contributed by atoms with E-state index in [2.05, 4.69) is 20.9 Å². The number of ether oxygens (including phenoxy) is 1. The number of rotatable bonds is 3. The Kier molecular flexibility index (Phi) is 3.89. The van der Waals surface area contributed by atoms with Gasteiger partial charge in [-0.25, -0.2) is 4.98 Å². The standard InChI is InChI=1S/C9H10BrNO2/c1-2-3-9(12)13-7-4-5-11-8(10)6-7/h4-6H,2-3H2,1H3. The Hall–Kier alpha value is -0.900. The minimum atomic E-state index is -0.208. The summed E-state index contributed by atoms with van der Waals surface area (Å²) >= 11 is 3.19. The lowest BCUT2D eigenvalue weighted by molar-refractivity contribution is -0.134. The minimum Gasteiger partial charge on any atom is -0.426 e. The maximum absolute atomic E-state index is 11.1. The Balaban J connectivity index is 2.58. The smallest absolute Gasteiger partial charge is 0.311 e. The molecule has 70 valence electrons. The number of pyridine rings is 1. The van der Waals surface area contributed by atoms with E-state index in [4.69, 9.17) is 4.74 Å². The van der Waals surface area contributed by atoms with Crippen molar-refractivity contribution in [2.75, 3.05) is 0 Å². The quantitative estimate of drug-likeness (QED) is 0.605. The Morgan fingerprint density at radius 3 is 3.08 bits per heavy atom. The fourth-order valence-corrected chi connectivity index (χ4v) is 1.18. The number of halogens is 1. The van der Waals surface area contributed by atoms with Gasteiger partial charge in [0, 0.05) is 18.7 Å². The van der Waals surface area contributed by atoms with Crippen molar-refractivity contribution in [2.45, 2.75) is 19.8 Å². The third-order valence-corrected chi connectivity index (χ3v) is 1.82. The van der Waals surface area contributed by atoms with Crippen molar-refractivity contribution in [1.29, 1.82) is 0 Å². The van der Waals surface area contributed by atoms with Crippen molar-refractivity contribution >= 4 is 21.9 Å². The van der Waals surface area contributed by atoms with Crippen LogP contribution < -0.4 is 4.74 Å². The predicted octanol–water partition coefficient (Wildman–Crippen LogP) is 2.55. The summed E-state index contributed by atoms with van der Waals surface area (Å²) in [5.41, 5.74) is 0. The van der Waals surface area contributed by atoms with E-state index in [1.807, 2.05) is 6.92 Å². The summed E-state index contributed by atoms with van der Waals surface area (Å²) in [6.45, 7) is 1.93. The van der Waals surface area contributed by atoms with E-state index in [0.717, 1.165) is 6.42 Å². The van der Waals surface area contributed by atoms with Crippen LogP contribution in [0.3, 0.4) is 0 Å². The summed E-state index contributed by atoms with van der Waals surface area (Å²) in [4.78, 5) is 15.0. The summed E-state index contributed by atoms with van der Waals surface area (Å²) < 4.78 is 5.69. The van der Waals surface area contributed by atoms with Crippen molar-refractivity contribution in [2.24, 2.45) is 0 Å². The number of hydrogen-bond donors (Lipinski definition) is 0. The molecule has 0 unspecified atom stereocenters. The SMILES string of the molecule is CCCC(=O)Oc1ccnc(Br)c1. The number of carbonyl (C=O) groups excluding carboxylic acids is 1. The number of esters is 1. The first-order valence-corrected chi connectivity index (χ1v) is 4.84. The van der Waals surface area contributed by atoms with Crippen molar-refractivity contribution in [3.8, 4) is 5.75 Å². The van der Waals surface area contributed by atoms with E-state index in [-0.39, 0.29) is 5.97 Å². The maximum atomic E-state index is 11.1. The summed E-state index contributed by atoms with van der Waals surface area (Å²) in [6, 6.07) is 3.31. The zero-order chi connectivity index (χ0) is 9.68. The lowest BCUT2D eigenvalue weighted by Gasteiger charge is -2.02. The van der Waals surface area contributed by atoms with E-state index < -0.39 is 0 Å². The molecule has 1 heterocycles.